The third kappa shape index (κ3) is 2.34. The Morgan fingerprint density at radius 1 is 1.44 bits per heavy atom. The Hall–Kier alpha value is -0.710. The molecule has 0 aromatic heterocycles. The smallest absolute Gasteiger partial charge is 0.183 e. The molecule has 0 spiro atoms. The minimum Gasteiger partial charge on any atom is -0.610 e. The molecule has 2 rings (SSSR count). The molecule has 1 unspecified atom stereocenters. The molecule has 1 aromatic rings. The number of fused-ring (bicyclic) bond motifs is 1. The number of unbranched alkanes of at least 4 members (excludes halogenated alkanes) is 1. The Kier molecular flexibility index (Phi) is 3.74. The van der Waals surface area contributed by atoms with Gasteiger partial charge in [0.15, 0.2) is 10.8 Å². The van der Waals surface area contributed by atoms with Crippen LogP contribution in [0.3, 0.4) is 0 Å². The molecule has 1 heterocycles. The minimum absolute atomic E-state index is 0.627. The van der Waals surface area contributed by atoms with Crippen LogP contribution in [0.1, 0.15) is 18.4 Å². The van der Waals surface area contributed by atoms with Gasteiger partial charge in [-0.25, -0.2) is 0 Å². The van der Waals surface area contributed by atoms with Crippen molar-refractivity contribution in [1.82, 2.24) is 0 Å². The fourth-order valence-corrected chi connectivity index (χ4v) is 3.37. The highest BCUT2D eigenvalue weighted by Gasteiger charge is 2.28. The summed E-state index contributed by atoms with van der Waals surface area (Å²) in [6.07, 6.45) is 3.20. The number of aryl methyl sites for hydroxylation is 1. The van der Waals surface area contributed by atoms with E-state index in [0.717, 1.165) is 36.4 Å². The number of nitrogens with two attached hydrogens (primary N) is 1. The molecule has 2 N–H and O–H groups in total. The van der Waals surface area contributed by atoms with Crippen molar-refractivity contribution in [2.75, 3.05) is 24.4 Å². The monoisotopic (exact) mass is 238 g/mol. The lowest BCUT2D eigenvalue weighted by atomic mass is 10.1. The van der Waals surface area contributed by atoms with E-state index < -0.39 is 11.2 Å². The first-order valence-corrected chi connectivity index (χ1v) is 6.97. The Balaban J connectivity index is 2.10. The van der Waals surface area contributed by atoms with Crippen molar-refractivity contribution in [3.05, 3.63) is 23.8 Å². The molecule has 0 aliphatic carbocycles. The Bertz CT molecular complexity index is 370. The summed E-state index contributed by atoms with van der Waals surface area (Å²) in [5, 5.41) is 0. The highest BCUT2D eigenvalue weighted by atomic mass is 32.2. The fourth-order valence-electron chi connectivity index (χ4n) is 2.00. The molecule has 1 aliphatic heterocycles. The first-order valence-electron chi connectivity index (χ1n) is 5.65. The van der Waals surface area contributed by atoms with Crippen LogP contribution in [0.25, 0.3) is 0 Å². The van der Waals surface area contributed by atoms with Crippen molar-refractivity contribution in [3.63, 3.8) is 0 Å². The van der Waals surface area contributed by atoms with Crippen LogP contribution in [-0.4, -0.2) is 24.0 Å². The molecule has 0 amide bonds. The zero-order valence-corrected chi connectivity index (χ0v) is 10.4. The molecule has 88 valence electrons. The van der Waals surface area contributed by atoms with Crippen molar-refractivity contribution < 1.29 is 4.55 Å². The number of anilines is 1. The average molecular weight is 238 g/mol. The van der Waals surface area contributed by atoms with Crippen LogP contribution in [0.15, 0.2) is 23.1 Å². The third-order valence-corrected chi connectivity index (χ3v) is 4.35. The highest BCUT2D eigenvalue weighted by molar-refractivity contribution is 7.92. The fraction of sp³-hybridized carbons (Fsp3) is 0.500. The van der Waals surface area contributed by atoms with E-state index in [4.69, 9.17) is 5.73 Å². The van der Waals surface area contributed by atoms with E-state index in [1.54, 1.807) is 0 Å². The molecule has 1 atom stereocenters. The summed E-state index contributed by atoms with van der Waals surface area (Å²) in [7, 11) is 1.98. The van der Waals surface area contributed by atoms with Crippen LogP contribution in [0.4, 0.5) is 5.69 Å². The second kappa shape index (κ2) is 5.08. The van der Waals surface area contributed by atoms with Crippen molar-refractivity contribution in [3.8, 4) is 0 Å². The molecule has 0 saturated carbocycles. The maximum atomic E-state index is 11.8. The van der Waals surface area contributed by atoms with E-state index in [1.165, 1.54) is 5.56 Å². The molecule has 0 saturated heterocycles. The molecule has 1 aromatic carbocycles. The van der Waals surface area contributed by atoms with Gasteiger partial charge in [-0.2, -0.15) is 0 Å². The van der Waals surface area contributed by atoms with Crippen LogP contribution in [-0.2, 0) is 17.6 Å². The number of benzene rings is 1. The van der Waals surface area contributed by atoms with Gasteiger partial charge in [0.05, 0.1) is 5.69 Å². The average Bonchev–Trinajstić information content (AvgIpc) is 2.55. The first-order chi connectivity index (χ1) is 7.72. The van der Waals surface area contributed by atoms with Gasteiger partial charge in [0, 0.05) is 18.2 Å². The van der Waals surface area contributed by atoms with E-state index in [2.05, 4.69) is 23.1 Å². The maximum Gasteiger partial charge on any atom is 0.183 e. The molecular weight excluding hydrogens is 220 g/mol. The quantitative estimate of drug-likeness (QED) is 0.638. The Labute approximate surface area is 99.8 Å². The van der Waals surface area contributed by atoms with Crippen molar-refractivity contribution in [2.45, 2.75) is 24.2 Å². The van der Waals surface area contributed by atoms with Crippen LogP contribution >= 0.6 is 0 Å². The normalized spacial score (nSPS) is 18.9. The molecule has 16 heavy (non-hydrogen) atoms. The highest BCUT2D eigenvalue weighted by Crippen LogP contribution is 2.33. The largest absolute Gasteiger partial charge is 0.610 e. The molecular formula is C12H18N2OS. The summed E-state index contributed by atoms with van der Waals surface area (Å²) in [6.45, 7) is 0.750. The van der Waals surface area contributed by atoms with Gasteiger partial charge in [-0.3, -0.25) is 0 Å². The van der Waals surface area contributed by atoms with Crippen molar-refractivity contribution >= 4 is 16.9 Å². The lowest BCUT2D eigenvalue weighted by molar-refractivity contribution is 0.598. The lowest BCUT2D eigenvalue weighted by Gasteiger charge is -2.07. The topological polar surface area (TPSA) is 52.3 Å². The number of hydrogen-bond donors (Lipinski definition) is 1. The predicted molar refractivity (Wildman–Crippen MR) is 68.1 cm³/mol. The van der Waals surface area contributed by atoms with Gasteiger partial charge in [-0.05, 0) is 43.5 Å². The van der Waals surface area contributed by atoms with Crippen LogP contribution in [0, 0.1) is 0 Å². The van der Waals surface area contributed by atoms with Gasteiger partial charge in [0.1, 0.15) is 0 Å². The molecule has 0 radical (unpaired) electrons. The summed E-state index contributed by atoms with van der Waals surface area (Å²) in [5.41, 5.74) is 7.85. The van der Waals surface area contributed by atoms with Gasteiger partial charge >= 0.3 is 0 Å². The summed E-state index contributed by atoms with van der Waals surface area (Å²) < 4.78 is 11.8. The van der Waals surface area contributed by atoms with Gasteiger partial charge < -0.3 is 15.2 Å². The predicted octanol–water partition coefficient (Wildman–Crippen LogP) is 1.48. The maximum absolute atomic E-state index is 11.8. The number of nitrogens with zero attached hydrogens (tertiary/aromatic N) is 1. The molecule has 3 nitrogen and oxygen atoms in total. The molecule has 0 fully saturated rings. The van der Waals surface area contributed by atoms with Crippen LogP contribution in [0.5, 0.6) is 0 Å². The molecule has 1 aliphatic rings. The Morgan fingerprint density at radius 2 is 2.25 bits per heavy atom. The van der Waals surface area contributed by atoms with Gasteiger partial charge in [-0.1, -0.05) is 6.07 Å². The lowest BCUT2D eigenvalue weighted by Crippen LogP contribution is -2.16. The summed E-state index contributed by atoms with van der Waals surface area (Å²) in [5.74, 6) is 0.627. The zero-order chi connectivity index (χ0) is 11.5. The zero-order valence-electron chi connectivity index (χ0n) is 9.61. The van der Waals surface area contributed by atoms with Crippen LogP contribution in [0.2, 0.25) is 0 Å². The number of rotatable bonds is 4. The van der Waals surface area contributed by atoms with Gasteiger partial charge in [-0.15, -0.1) is 0 Å². The van der Waals surface area contributed by atoms with E-state index in [9.17, 15) is 4.55 Å². The first kappa shape index (κ1) is 11.8. The van der Waals surface area contributed by atoms with E-state index >= 15 is 0 Å². The van der Waals surface area contributed by atoms with E-state index in [-0.39, 0.29) is 0 Å². The summed E-state index contributed by atoms with van der Waals surface area (Å²) >= 11 is -0.844. The third-order valence-electron chi connectivity index (χ3n) is 2.91. The Morgan fingerprint density at radius 3 is 3.00 bits per heavy atom. The van der Waals surface area contributed by atoms with Gasteiger partial charge in [0.25, 0.3) is 0 Å². The summed E-state index contributed by atoms with van der Waals surface area (Å²) in [4.78, 5) is 3.04. The summed E-state index contributed by atoms with van der Waals surface area (Å²) in [6, 6.07) is 6.30. The van der Waals surface area contributed by atoms with Crippen molar-refractivity contribution in [1.29, 1.82) is 0 Å². The number of hydrogen-bond acceptors (Lipinski definition) is 3. The molecule has 0 bridgehead atoms. The van der Waals surface area contributed by atoms with E-state index in [1.807, 2.05) is 7.05 Å². The molecule has 4 heteroatoms. The SMILES string of the molecule is CN1C[S+]([O-])c2cc(CCCCN)ccc21. The minimum atomic E-state index is -0.844. The van der Waals surface area contributed by atoms with E-state index in [0.29, 0.717) is 5.88 Å². The standard InChI is InChI=1S/C12H18N2OS/c1-14-9-16(15)12-8-10(4-2-3-7-13)5-6-11(12)14/h5-6,8H,2-4,7,9,13H2,1H3. The second-order valence-corrected chi connectivity index (χ2v) is 5.61. The van der Waals surface area contributed by atoms with Crippen molar-refractivity contribution in [2.24, 2.45) is 5.73 Å². The second-order valence-electron chi connectivity index (χ2n) is 4.22. The van der Waals surface area contributed by atoms with Gasteiger partial charge in [0.2, 0.25) is 0 Å². The van der Waals surface area contributed by atoms with Crippen LogP contribution < -0.4 is 10.6 Å².